The highest BCUT2D eigenvalue weighted by Crippen LogP contribution is 2.23. The smallest absolute Gasteiger partial charge is 0.306 e. The first-order valence-electron chi connectivity index (χ1n) is 7.30. The molecule has 0 amide bonds. The van der Waals surface area contributed by atoms with Gasteiger partial charge in [0.05, 0.1) is 11.6 Å². The van der Waals surface area contributed by atoms with Gasteiger partial charge in [0.1, 0.15) is 10.8 Å². The third kappa shape index (κ3) is 5.41. The molecule has 1 atom stereocenters. The molecule has 1 N–H and O–H groups in total. The number of aromatic nitrogens is 1. The largest absolute Gasteiger partial charge is 0.481 e. The summed E-state index contributed by atoms with van der Waals surface area (Å²) < 4.78 is 0. The van der Waals surface area contributed by atoms with E-state index in [9.17, 15) is 9.59 Å². The second kappa shape index (κ2) is 9.10. The van der Waals surface area contributed by atoms with E-state index in [1.165, 1.54) is 18.3 Å². The van der Waals surface area contributed by atoms with Gasteiger partial charge in [0.2, 0.25) is 0 Å². The second-order valence-electron chi connectivity index (χ2n) is 4.67. The zero-order valence-electron chi connectivity index (χ0n) is 13.1. The second-order valence-corrected chi connectivity index (χ2v) is 5.53. The number of aliphatic carboxylic acids is 1. The molecule has 1 aromatic heterocycles. The minimum atomic E-state index is -0.943. The molecule has 1 heterocycles. The SMILES string of the molecule is CC.C[C@@H](CC(=O)Cc1csc(-c2ccccc2)n1)C(=O)O. The lowest BCUT2D eigenvalue weighted by Gasteiger charge is -2.03. The average Bonchev–Trinajstić information content (AvgIpc) is 2.98. The van der Waals surface area contributed by atoms with Crippen molar-refractivity contribution in [3.8, 4) is 10.6 Å². The predicted octanol–water partition coefficient (Wildman–Crippen LogP) is 4.06. The first-order chi connectivity index (χ1) is 10.6. The Kier molecular flexibility index (Phi) is 7.46. The van der Waals surface area contributed by atoms with Gasteiger partial charge in [-0.2, -0.15) is 0 Å². The van der Waals surface area contributed by atoms with Crippen molar-refractivity contribution < 1.29 is 14.7 Å². The molecule has 0 aliphatic heterocycles. The van der Waals surface area contributed by atoms with Crippen molar-refractivity contribution in [2.75, 3.05) is 0 Å². The van der Waals surface area contributed by atoms with Crippen LogP contribution >= 0.6 is 11.3 Å². The number of carboxylic acids is 1. The van der Waals surface area contributed by atoms with E-state index in [1.807, 2.05) is 49.6 Å². The molecule has 0 unspecified atom stereocenters. The molecule has 22 heavy (non-hydrogen) atoms. The third-order valence-electron chi connectivity index (χ3n) is 2.91. The number of thiazole rings is 1. The molecule has 5 heteroatoms. The summed E-state index contributed by atoms with van der Waals surface area (Å²) in [6.07, 6.45) is 0.245. The zero-order chi connectivity index (χ0) is 16.5. The maximum Gasteiger partial charge on any atom is 0.306 e. The number of hydrogen-bond acceptors (Lipinski definition) is 4. The van der Waals surface area contributed by atoms with Crippen molar-refractivity contribution in [3.63, 3.8) is 0 Å². The Morgan fingerprint density at radius 3 is 2.45 bits per heavy atom. The van der Waals surface area contributed by atoms with Crippen LogP contribution in [0.4, 0.5) is 0 Å². The van der Waals surface area contributed by atoms with Crippen LogP contribution in [0.2, 0.25) is 0 Å². The molecule has 2 aromatic rings. The van der Waals surface area contributed by atoms with E-state index in [4.69, 9.17) is 5.11 Å². The first-order valence-corrected chi connectivity index (χ1v) is 8.18. The fourth-order valence-corrected chi connectivity index (χ4v) is 2.63. The molecule has 0 saturated heterocycles. The van der Waals surface area contributed by atoms with Gasteiger partial charge in [-0.05, 0) is 0 Å². The van der Waals surface area contributed by atoms with Crippen LogP contribution in [0.3, 0.4) is 0 Å². The van der Waals surface area contributed by atoms with E-state index >= 15 is 0 Å². The monoisotopic (exact) mass is 319 g/mol. The maximum absolute atomic E-state index is 11.8. The summed E-state index contributed by atoms with van der Waals surface area (Å²) in [5.41, 5.74) is 1.73. The number of nitrogens with zero attached hydrogens (tertiary/aromatic N) is 1. The van der Waals surface area contributed by atoms with E-state index in [-0.39, 0.29) is 18.6 Å². The zero-order valence-corrected chi connectivity index (χ0v) is 13.9. The quantitative estimate of drug-likeness (QED) is 0.872. The van der Waals surface area contributed by atoms with E-state index in [1.54, 1.807) is 0 Å². The highest BCUT2D eigenvalue weighted by Gasteiger charge is 2.17. The molecule has 0 spiro atoms. The number of ketones is 1. The number of hydrogen-bond donors (Lipinski definition) is 1. The lowest BCUT2D eigenvalue weighted by atomic mass is 10.0. The lowest BCUT2D eigenvalue weighted by Crippen LogP contribution is -2.16. The van der Waals surface area contributed by atoms with Crippen molar-refractivity contribution in [1.29, 1.82) is 0 Å². The Balaban J connectivity index is 0.00000116. The Morgan fingerprint density at radius 1 is 1.23 bits per heavy atom. The molecule has 1 aromatic carbocycles. The van der Waals surface area contributed by atoms with Crippen molar-refractivity contribution >= 4 is 23.1 Å². The van der Waals surface area contributed by atoms with Gasteiger partial charge in [0, 0.05) is 23.8 Å². The lowest BCUT2D eigenvalue weighted by molar-refractivity contribution is -0.143. The minimum Gasteiger partial charge on any atom is -0.481 e. The molecule has 0 fully saturated rings. The Hall–Kier alpha value is -2.01. The van der Waals surface area contributed by atoms with Crippen molar-refractivity contribution in [3.05, 3.63) is 41.4 Å². The van der Waals surface area contributed by atoms with Crippen LogP contribution in [-0.4, -0.2) is 21.8 Å². The summed E-state index contributed by atoms with van der Waals surface area (Å²) in [4.78, 5) is 26.9. The van der Waals surface area contributed by atoms with Crippen LogP contribution in [0.1, 0.15) is 32.9 Å². The maximum atomic E-state index is 11.8. The molecule has 0 aliphatic rings. The highest BCUT2D eigenvalue weighted by molar-refractivity contribution is 7.13. The fraction of sp³-hybridized carbons (Fsp3) is 0.353. The van der Waals surface area contributed by atoms with Crippen LogP contribution in [0.25, 0.3) is 10.6 Å². The topological polar surface area (TPSA) is 67.3 Å². The van der Waals surface area contributed by atoms with Gasteiger partial charge in [-0.3, -0.25) is 9.59 Å². The van der Waals surface area contributed by atoms with Gasteiger partial charge in [-0.15, -0.1) is 11.3 Å². The van der Waals surface area contributed by atoms with Crippen LogP contribution in [-0.2, 0) is 16.0 Å². The Bertz CT molecular complexity index is 607. The third-order valence-corrected chi connectivity index (χ3v) is 3.85. The van der Waals surface area contributed by atoms with Gasteiger partial charge >= 0.3 is 5.97 Å². The summed E-state index contributed by atoms with van der Waals surface area (Å²) in [7, 11) is 0. The number of benzene rings is 1. The van der Waals surface area contributed by atoms with Gasteiger partial charge < -0.3 is 5.11 Å². The van der Waals surface area contributed by atoms with Crippen molar-refractivity contribution in [2.24, 2.45) is 5.92 Å². The summed E-state index contributed by atoms with van der Waals surface area (Å²) in [5.74, 6) is -1.68. The molecule has 118 valence electrons. The molecule has 0 aliphatic carbocycles. The van der Waals surface area contributed by atoms with E-state index in [0.717, 1.165) is 10.6 Å². The molecule has 0 saturated carbocycles. The minimum absolute atomic E-state index is 0.0491. The van der Waals surface area contributed by atoms with Gasteiger partial charge in [-0.1, -0.05) is 51.1 Å². The molecular weight excluding hydrogens is 298 g/mol. The molecular formula is C17H21NO3S. The van der Waals surface area contributed by atoms with Crippen LogP contribution in [0.15, 0.2) is 35.7 Å². The Labute approximate surface area is 134 Å². The number of carbonyl (C=O) groups excluding carboxylic acids is 1. The fourth-order valence-electron chi connectivity index (χ4n) is 1.80. The number of rotatable bonds is 6. The van der Waals surface area contributed by atoms with Crippen LogP contribution < -0.4 is 0 Å². The number of carbonyl (C=O) groups is 2. The normalized spacial score (nSPS) is 11.2. The van der Waals surface area contributed by atoms with Crippen LogP contribution in [0.5, 0.6) is 0 Å². The molecule has 2 rings (SSSR count). The first kappa shape index (κ1) is 18.0. The van der Waals surface area contributed by atoms with Crippen molar-refractivity contribution in [2.45, 2.75) is 33.6 Å². The average molecular weight is 319 g/mol. The summed E-state index contributed by atoms with van der Waals surface area (Å²) in [6, 6.07) is 9.76. The summed E-state index contributed by atoms with van der Waals surface area (Å²) in [6.45, 7) is 5.54. The molecule has 4 nitrogen and oxygen atoms in total. The van der Waals surface area contributed by atoms with Gasteiger partial charge in [0.15, 0.2) is 0 Å². The van der Waals surface area contributed by atoms with E-state index in [0.29, 0.717) is 5.69 Å². The predicted molar refractivity (Wildman–Crippen MR) is 89.0 cm³/mol. The van der Waals surface area contributed by atoms with E-state index in [2.05, 4.69) is 4.98 Å². The Morgan fingerprint density at radius 2 is 1.86 bits per heavy atom. The highest BCUT2D eigenvalue weighted by atomic mass is 32.1. The number of Topliss-reactive ketones (excluding diaryl/α,β-unsaturated/α-hetero) is 1. The van der Waals surface area contributed by atoms with E-state index < -0.39 is 11.9 Å². The van der Waals surface area contributed by atoms with Gasteiger partial charge in [-0.25, -0.2) is 4.98 Å². The van der Waals surface area contributed by atoms with Crippen LogP contribution in [0, 0.1) is 5.92 Å². The standard InChI is InChI=1S/C15H15NO3S.C2H6/c1-10(15(18)19)7-13(17)8-12-9-20-14(16-12)11-5-3-2-4-6-11;1-2/h2-6,9-10H,7-8H2,1H3,(H,18,19);1-2H3/t10-;/m0./s1. The number of carboxylic acid groups (broad SMARTS) is 1. The summed E-state index contributed by atoms with van der Waals surface area (Å²) in [5, 5.41) is 11.5. The molecule has 0 radical (unpaired) electrons. The molecule has 0 bridgehead atoms. The summed E-state index contributed by atoms with van der Waals surface area (Å²) >= 11 is 1.49. The van der Waals surface area contributed by atoms with Crippen molar-refractivity contribution in [1.82, 2.24) is 4.98 Å². The van der Waals surface area contributed by atoms with Gasteiger partial charge in [0.25, 0.3) is 0 Å².